The molecule has 1 aliphatic rings. The monoisotopic (exact) mass is 420 g/mol. The van der Waals surface area contributed by atoms with Gasteiger partial charge in [0.2, 0.25) is 0 Å². The lowest BCUT2D eigenvalue weighted by molar-refractivity contribution is -0.151. The Kier molecular flexibility index (Phi) is 5.98. The first kappa shape index (κ1) is 18.5. The lowest BCUT2D eigenvalue weighted by atomic mass is 9.97. The molecule has 0 bridgehead atoms. The molecule has 0 saturated carbocycles. The highest BCUT2D eigenvalue weighted by molar-refractivity contribution is 9.10. The number of aromatic nitrogens is 1. The molecule has 1 aliphatic heterocycles. The predicted molar refractivity (Wildman–Crippen MR) is 96.8 cm³/mol. The van der Waals surface area contributed by atoms with E-state index in [1.54, 1.807) is 41.6 Å². The van der Waals surface area contributed by atoms with Crippen molar-refractivity contribution in [1.82, 2.24) is 9.88 Å². The van der Waals surface area contributed by atoms with Gasteiger partial charge in [-0.1, -0.05) is 22.0 Å². The summed E-state index contributed by atoms with van der Waals surface area (Å²) in [4.78, 5) is 30.4. The molecular formula is C19H18BrFN2O3. The van der Waals surface area contributed by atoms with Gasteiger partial charge < -0.3 is 9.64 Å². The summed E-state index contributed by atoms with van der Waals surface area (Å²) in [5.41, 5.74) is 0.869. The van der Waals surface area contributed by atoms with E-state index in [9.17, 15) is 14.0 Å². The van der Waals surface area contributed by atoms with Gasteiger partial charge in [-0.05, 0) is 37.1 Å². The number of amides is 1. The van der Waals surface area contributed by atoms with Crippen LogP contribution in [0.4, 0.5) is 4.39 Å². The molecule has 0 radical (unpaired) electrons. The van der Waals surface area contributed by atoms with Gasteiger partial charge >= 0.3 is 5.97 Å². The van der Waals surface area contributed by atoms with Gasteiger partial charge in [0.05, 0.1) is 5.92 Å². The van der Waals surface area contributed by atoms with Crippen molar-refractivity contribution in [3.63, 3.8) is 0 Å². The Bertz CT molecular complexity index is 801. The normalized spacial score (nSPS) is 17.0. The Morgan fingerprint density at radius 2 is 2.04 bits per heavy atom. The van der Waals surface area contributed by atoms with Crippen LogP contribution in [0.25, 0.3) is 0 Å². The number of esters is 1. The van der Waals surface area contributed by atoms with Crippen molar-refractivity contribution in [1.29, 1.82) is 0 Å². The lowest BCUT2D eigenvalue weighted by Crippen LogP contribution is -2.42. The molecule has 5 nitrogen and oxygen atoms in total. The maximum atomic E-state index is 13.8. The standard InChI is InChI=1S/C19H18BrFN2O3/c20-16-4-3-15(17(21)10-16)12-26-19(25)14-2-1-9-23(11-14)18(24)13-5-7-22-8-6-13/h3-8,10,14H,1-2,9,11-12H2. The quantitative estimate of drug-likeness (QED) is 0.709. The van der Waals surface area contributed by atoms with Crippen LogP contribution in [0.3, 0.4) is 0 Å². The fraction of sp³-hybridized carbons (Fsp3) is 0.316. The molecule has 3 rings (SSSR count). The van der Waals surface area contributed by atoms with Gasteiger partial charge in [0.25, 0.3) is 5.91 Å². The number of pyridine rings is 1. The van der Waals surface area contributed by atoms with Crippen LogP contribution in [-0.2, 0) is 16.1 Å². The minimum absolute atomic E-state index is 0.118. The molecule has 7 heteroatoms. The Morgan fingerprint density at radius 1 is 1.27 bits per heavy atom. The third-order valence-electron chi connectivity index (χ3n) is 4.35. The van der Waals surface area contributed by atoms with Crippen molar-refractivity contribution in [2.75, 3.05) is 13.1 Å². The zero-order chi connectivity index (χ0) is 18.5. The highest BCUT2D eigenvalue weighted by Crippen LogP contribution is 2.21. The van der Waals surface area contributed by atoms with Crippen LogP contribution in [0.2, 0.25) is 0 Å². The van der Waals surface area contributed by atoms with Gasteiger partial charge in [0.1, 0.15) is 12.4 Å². The number of piperidine rings is 1. The summed E-state index contributed by atoms with van der Waals surface area (Å²) in [7, 11) is 0. The fourth-order valence-corrected chi connectivity index (χ4v) is 3.27. The molecule has 1 aromatic carbocycles. The van der Waals surface area contributed by atoms with Crippen LogP contribution < -0.4 is 0 Å². The van der Waals surface area contributed by atoms with Crippen molar-refractivity contribution in [3.05, 3.63) is 64.1 Å². The summed E-state index contributed by atoms with van der Waals surface area (Å²) < 4.78 is 19.7. The Balaban J connectivity index is 1.58. The summed E-state index contributed by atoms with van der Waals surface area (Å²) in [5, 5.41) is 0. The highest BCUT2D eigenvalue weighted by Gasteiger charge is 2.30. The average molecular weight is 421 g/mol. The number of rotatable bonds is 4. The summed E-state index contributed by atoms with van der Waals surface area (Å²) >= 11 is 3.19. The number of ether oxygens (including phenoxy) is 1. The average Bonchev–Trinajstić information content (AvgIpc) is 2.67. The first-order valence-corrected chi connectivity index (χ1v) is 9.14. The molecule has 1 fully saturated rings. The Morgan fingerprint density at radius 3 is 2.77 bits per heavy atom. The molecule has 1 atom stereocenters. The van der Waals surface area contributed by atoms with Crippen LogP contribution in [0.1, 0.15) is 28.8 Å². The van der Waals surface area contributed by atoms with Crippen LogP contribution in [0.5, 0.6) is 0 Å². The zero-order valence-corrected chi connectivity index (χ0v) is 15.6. The third kappa shape index (κ3) is 4.46. The number of benzene rings is 1. The molecular weight excluding hydrogens is 403 g/mol. The van der Waals surface area contributed by atoms with Crippen molar-refractivity contribution in [2.45, 2.75) is 19.4 Å². The minimum Gasteiger partial charge on any atom is -0.460 e. The summed E-state index contributed by atoms with van der Waals surface area (Å²) in [6.45, 7) is 0.793. The lowest BCUT2D eigenvalue weighted by Gasteiger charge is -2.31. The Labute approximate surface area is 159 Å². The van der Waals surface area contributed by atoms with E-state index in [-0.39, 0.29) is 12.5 Å². The molecule has 2 aromatic rings. The van der Waals surface area contributed by atoms with Gasteiger partial charge in [-0.25, -0.2) is 4.39 Å². The van der Waals surface area contributed by atoms with Crippen molar-refractivity contribution < 1.29 is 18.7 Å². The van der Waals surface area contributed by atoms with Crippen LogP contribution in [0, 0.1) is 11.7 Å². The summed E-state index contributed by atoms with van der Waals surface area (Å²) in [6.07, 6.45) is 4.51. The Hall–Kier alpha value is -2.28. The first-order valence-electron chi connectivity index (χ1n) is 8.34. The fourth-order valence-electron chi connectivity index (χ4n) is 2.94. The minimum atomic E-state index is -0.426. The SMILES string of the molecule is O=C(OCc1ccc(Br)cc1F)C1CCCN(C(=O)c2ccncc2)C1. The number of hydrogen-bond acceptors (Lipinski definition) is 4. The van der Waals surface area contributed by atoms with Crippen LogP contribution in [-0.4, -0.2) is 34.8 Å². The largest absolute Gasteiger partial charge is 0.460 e. The number of hydrogen-bond donors (Lipinski definition) is 0. The highest BCUT2D eigenvalue weighted by atomic mass is 79.9. The van der Waals surface area contributed by atoms with Crippen molar-refractivity contribution in [3.8, 4) is 0 Å². The molecule has 1 amide bonds. The zero-order valence-electron chi connectivity index (χ0n) is 14.0. The van der Waals surface area contributed by atoms with E-state index in [1.165, 1.54) is 6.07 Å². The van der Waals surface area contributed by atoms with E-state index in [2.05, 4.69) is 20.9 Å². The maximum Gasteiger partial charge on any atom is 0.311 e. The van der Waals surface area contributed by atoms with Crippen LogP contribution >= 0.6 is 15.9 Å². The summed E-state index contributed by atoms with van der Waals surface area (Å²) in [5.74, 6) is -1.35. The van der Waals surface area contributed by atoms with E-state index in [0.717, 1.165) is 6.42 Å². The topological polar surface area (TPSA) is 59.5 Å². The van der Waals surface area contributed by atoms with Crippen LogP contribution in [0.15, 0.2) is 47.2 Å². The van der Waals surface area contributed by atoms with E-state index in [1.807, 2.05) is 0 Å². The molecule has 1 unspecified atom stereocenters. The number of likely N-dealkylation sites (tertiary alicyclic amines) is 1. The van der Waals surface area contributed by atoms with Gasteiger partial charge in [-0.15, -0.1) is 0 Å². The smallest absolute Gasteiger partial charge is 0.311 e. The second-order valence-electron chi connectivity index (χ2n) is 6.17. The maximum absolute atomic E-state index is 13.8. The molecule has 0 spiro atoms. The summed E-state index contributed by atoms with van der Waals surface area (Å²) in [6, 6.07) is 7.91. The number of nitrogens with zero attached hydrogens (tertiary/aromatic N) is 2. The third-order valence-corrected chi connectivity index (χ3v) is 4.85. The van der Waals surface area contributed by atoms with E-state index in [4.69, 9.17) is 4.74 Å². The first-order chi connectivity index (χ1) is 12.5. The molecule has 0 N–H and O–H groups in total. The van der Waals surface area contributed by atoms with Gasteiger partial charge in [-0.3, -0.25) is 14.6 Å². The molecule has 1 aromatic heterocycles. The second kappa shape index (κ2) is 8.40. The van der Waals surface area contributed by atoms with E-state index >= 15 is 0 Å². The molecule has 0 aliphatic carbocycles. The predicted octanol–water partition coefficient (Wildman–Crippen LogP) is 3.58. The number of carbonyl (C=O) groups excluding carboxylic acids is 2. The van der Waals surface area contributed by atoms with Gasteiger partial charge in [0, 0.05) is 41.1 Å². The number of carbonyl (C=O) groups is 2. The van der Waals surface area contributed by atoms with Crippen molar-refractivity contribution >= 4 is 27.8 Å². The molecule has 26 heavy (non-hydrogen) atoms. The van der Waals surface area contributed by atoms with Gasteiger partial charge in [-0.2, -0.15) is 0 Å². The van der Waals surface area contributed by atoms with E-state index in [0.29, 0.717) is 35.1 Å². The molecule has 1 saturated heterocycles. The molecule has 136 valence electrons. The molecule has 2 heterocycles. The van der Waals surface area contributed by atoms with Gasteiger partial charge in [0.15, 0.2) is 0 Å². The second-order valence-corrected chi connectivity index (χ2v) is 7.09. The van der Waals surface area contributed by atoms with E-state index < -0.39 is 17.7 Å². The number of halogens is 2. The van der Waals surface area contributed by atoms with Crippen molar-refractivity contribution in [2.24, 2.45) is 5.92 Å².